The van der Waals surface area contributed by atoms with Gasteiger partial charge in [0.15, 0.2) is 5.65 Å². The maximum Gasteiger partial charge on any atom is 0.225 e. The zero-order chi connectivity index (χ0) is 21.0. The number of nitrogens with one attached hydrogen (secondary N) is 2. The summed E-state index contributed by atoms with van der Waals surface area (Å²) in [7, 11) is 0. The first-order valence-electron chi connectivity index (χ1n) is 9.88. The summed E-state index contributed by atoms with van der Waals surface area (Å²) in [5.41, 5.74) is 3.55. The molecule has 0 fully saturated rings. The Kier molecular flexibility index (Phi) is 4.98. The minimum atomic E-state index is -0.356. The van der Waals surface area contributed by atoms with Crippen LogP contribution in [0.25, 0.3) is 16.9 Å². The largest absolute Gasteiger partial charge is 0.350 e. The normalized spacial score (nSPS) is 10.9. The predicted molar refractivity (Wildman–Crippen MR) is 120 cm³/mol. The first-order valence-corrected chi connectivity index (χ1v) is 9.88. The van der Waals surface area contributed by atoms with Crippen molar-refractivity contribution in [1.29, 1.82) is 0 Å². The molecular weight excluding hydrogens is 391 g/mol. The first kappa shape index (κ1) is 18.7. The molecular formula is C24H19FN6. The maximum absolute atomic E-state index is 14.3. The number of aromatic nitrogens is 4. The lowest BCUT2D eigenvalue weighted by Gasteiger charge is -2.11. The van der Waals surface area contributed by atoms with Gasteiger partial charge in [-0.2, -0.15) is 4.98 Å². The number of rotatable bonds is 6. The van der Waals surface area contributed by atoms with Gasteiger partial charge in [0.05, 0.1) is 17.6 Å². The van der Waals surface area contributed by atoms with Gasteiger partial charge in [-0.3, -0.25) is 4.57 Å². The Balaban J connectivity index is 1.56. The first-order chi connectivity index (χ1) is 15.3. The summed E-state index contributed by atoms with van der Waals surface area (Å²) in [6, 6.07) is 26.2. The Morgan fingerprint density at radius 2 is 1.52 bits per heavy atom. The molecule has 5 rings (SSSR count). The van der Waals surface area contributed by atoms with Crippen molar-refractivity contribution >= 4 is 28.7 Å². The highest BCUT2D eigenvalue weighted by Crippen LogP contribution is 2.27. The second kappa shape index (κ2) is 8.23. The zero-order valence-electron chi connectivity index (χ0n) is 16.5. The van der Waals surface area contributed by atoms with Crippen molar-refractivity contribution in [2.45, 2.75) is 6.54 Å². The third kappa shape index (κ3) is 3.93. The van der Waals surface area contributed by atoms with Gasteiger partial charge in [0.25, 0.3) is 0 Å². The van der Waals surface area contributed by atoms with Gasteiger partial charge in [-0.25, -0.2) is 14.4 Å². The fourth-order valence-electron chi connectivity index (χ4n) is 3.32. The van der Waals surface area contributed by atoms with E-state index in [-0.39, 0.29) is 5.82 Å². The molecule has 31 heavy (non-hydrogen) atoms. The number of hydrogen-bond donors (Lipinski definition) is 2. The van der Waals surface area contributed by atoms with E-state index in [1.165, 1.54) is 6.07 Å². The van der Waals surface area contributed by atoms with E-state index in [2.05, 4.69) is 20.6 Å². The van der Waals surface area contributed by atoms with Crippen LogP contribution < -0.4 is 10.6 Å². The molecule has 0 aliphatic carbocycles. The molecule has 0 bridgehead atoms. The average molecular weight is 410 g/mol. The molecule has 0 amide bonds. The summed E-state index contributed by atoms with van der Waals surface area (Å²) in [6.45, 7) is 0.603. The molecule has 152 valence electrons. The molecule has 0 radical (unpaired) electrons. The van der Waals surface area contributed by atoms with Gasteiger partial charge >= 0.3 is 0 Å². The fraction of sp³-hybridized carbons (Fsp3) is 0.0417. The second-order valence-electron chi connectivity index (χ2n) is 6.95. The van der Waals surface area contributed by atoms with E-state index in [9.17, 15) is 4.39 Å². The lowest BCUT2D eigenvalue weighted by molar-refractivity contribution is 0.631. The summed E-state index contributed by atoms with van der Waals surface area (Å²) >= 11 is 0. The van der Waals surface area contributed by atoms with Crippen LogP contribution in [0.5, 0.6) is 0 Å². The highest BCUT2D eigenvalue weighted by molar-refractivity contribution is 5.79. The van der Waals surface area contributed by atoms with E-state index in [4.69, 9.17) is 4.98 Å². The Morgan fingerprint density at radius 3 is 2.29 bits per heavy atom. The Bertz CT molecular complexity index is 1320. The molecule has 0 aliphatic heterocycles. The van der Waals surface area contributed by atoms with Crippen molar-refractivity contribution in [3.8, 4) is 5.69 Å². The number of imidazole rings is 1. The van der Waals surface area contributed by atoms with E-state index in [0.717, 1.165) is 11.3 Å². The lowest BCUT2D eigenvalue weighted by Crippen LogP contribution is -2.06. The number of anilines is 3. The monoisotopic (exact) mass is 410 g/mol. The molecule has 5 aromatic rings. The molecule has 2 N–H and O–H groups in total. The lowest BCUT2D eigenvalue weighted by atomic mass is 10.2. The van der Waals surface area contributed by atoms with Crippen LogP contribution in [0.2, 0.25) is 0 Å². The van der Waals surface area contributed by atoms with E-state index >= 15 is 0 Å². The van der Waals surface area contributed by atoms with Gasteiger partial charge < -0.3 is 10.6 Å². The van der Waals surface area contributed by atoms with Crippen molar-refractivity contribution in [1.82, 2.24) is 19.5 Å². The van der Waals surface area contributed by atoms with Gasteiger partial charge in [-0.1, -0.05) is 60.7 Å². The van der Waals surface area contributed by atoms with Crippen LogP contribution >= 0.6 is 0 Å². The predicted octanol–water partition coefficient (Wildman–Crippen LogP) is 5.31. The van der Waals surface area contributed by atoms with Gasteiger partial charge in [0.1, 0.15) is 11.3 Å². The average Bonchev–Trinajstić information content (AvgIpc) is 3.17. The summed E-state index contributed by atoms with van der Waals surface area (Å²) in [5, 5.41) is 6.35. The van der Waals surface area contributed by atoms with Crippen LogP contribution in [-0.2, 0) is 6.54 Å². The van der Waals surface area contributed by atoms with E-state index in [1.54, 1.807) is 24.4 Å². The second-order valence-corrected chi connectivity index (χ2v) is 6.95. The molecule has 7 heteroatoms. The van der Waals surface area contributed by atoms with Crippen molar-refractivity contribution < 1.29 is 4.39 Å². The van der Waals surface area contributed by atoms with Crippen molar-refractivity contribution in [2.24, 2.45) is 0 Å². The van der Waals surface area contributed by atoms with Crippen molar-refractivity contribution in [2.75, 3.05) is 10.6 Å². The number of nitrogens with zero attached hydrogens (tertiary/aromatic N) is 4. The molecule has 6 nitrogen and oxygen atoms in total. The number of fused-ring (bicyclic) bond motifs is 1. The number of para-hydroxylation sites is 2. The zero-order valence-corrected chi connectivity index (χ0v) is 16.5. The van der Waals surface area contributed by atoms with E-state index in [0.29, 0.717) is 35.3 Å². The minimum absolute atomic E-state index is 0.338. The van der Waals surface area contributed by atoms with Gasteiger partial charge in [-0.15, -0.1) is 0 Å². The summed E-state index contributed by atoms with van der Waals surface area (Å²) in [4.78, 5) is 13.7. The van der Waals surface area contributed by atoms with Crippen LogP contribution in [0.15, 0.2) is 91.1 Å². The smallest absolute Gasteiger partial charge is 0.225 e. The fourth-order valence-corrected chi connectivity index (χ4v) is 3.32. The topological polar surface area (TPSA) is 67.7 Å². The van der Waals surface area contributed by atoms with E-state index < -0.39 is 0 Å². The highest BCUT2D eigenvalue weighted by atomic mass is 19.1. The SMILES string of the molecule is Fc1ccccc1Nc1nc2cnc(NCc3ccccc3)nc2n1-c1ccccc1. The van der Waals surface area contributed by atoms with Crippen LogP contribution in [-0.4, -0.2) is 19.5 Å². The van der Waals surface area contributed by atoms with Crippen molar-refractivity contribution in [3.63, 3.8) is 0 Å². The maximum atomic E-state index is 14.3. The number of hydrogen-bond acceptors (Lipinski definition) is 5. The van der Waals surface area contributed by atoms with Gasteiger partial charge in [0, 0.05) is 6.54 Å². The molecule has 3 aromatic carbocycles. The molecule has 2 aromatic heterocycles. The Morgan fingerprint density at radius 1 is 0.806 bits per heavy atom. The standard InChI is InChI=1S/C24H19FN6/c25-19-13-7-8-14-20(19)28-24-29-21-16-27-23(26-15-17-9-3-1-4-10-17)30-22(21)31(24)18-11-5-2-6-12-18/h1-14,16H,15H2,(H,28,29)(H,26,27,30). The molecule has 0 aliphatic rings. The van der Waals surface area contributed by atoms with Crippen LogP contribution in [0, 0.1) is 5.82 Å². The molecule has 0 saturated carbocycles. The molecule has 0 spiro atoms. The highest BCUT2D eigenvalue weighted by Gasteiger charge is 2.16. The number of halogens is 1. The Hall–Kier alpha value is -4.26. The molecule has 0 saturated heterocycles. The van der Waals surface area contributed by atoms with Crippen LogP contribution in [0.3, 0.4) is 0 Å². The van der Waals surface area contributed by atoms with E-state index in [1.807, 2.05) is 65.2 Å². The molecule has 0 unspecified atom stereocenters. The van der Waals surface area contributed by atoms with Gasteiger partial charge in [-0.05, 0) is 29.8 Å². The summed E-state index contributed by atoms with van der Waals surface area (Å²) in [6.07, 6.45) is 1.67. The van der Waals surface area contributed by atoms with Crippen LogP contribution in [0.4, 0.5) is 22.0 Å². The quantitative estimate of drug-likeness (QED) is 0.397. The summed E-state index contributed by atoms with van der Waals surface area (Å²) < 4.78 is 16.1. The van der Waals surface area contributed by atoms with Gasteiger partial charge in [0.2, 0.25) is 11.9 Å². The summed E-state index contributed by atoms with van der Waals surface area (Å²) in [5.74, 6) is 0.595. The minimum Gasteiger partial charge on any atom is -0.350 e. The number of benzene rings is 3. The molecule has 2 heterocycles. The Labute approximate surface area is 178 Å². The third-order valence-electron chi connectivity index (χ3n) is 4.83. The molecule has 0 atom stereocenters. The van der Waals surface area contributed by atoms with Crippen molar-refractivity contribution in [3.05, 3.63) is 103 Å². The van der Waals surface area contributed by atoms with Crippen LogP contribution in [0.1, 0.15) is 5.56 Å². The third-order valence-corrected chi connectivity index (χ3v) is 4.83.